The number of carbonyl (C=O) groups is 1. The number of hydrogen-bond donors (Lipinski definition) is 2. The lowest BCUT2D eigenvalue weighted by Crippen LogP contribution is -2.33. The molecule has 1 amide bonds. The molecule has 0 bridgehead atoms. The molecule has 1 aromatic rings. The largest absolute Gasteiger partial charge is 0.383 e. The van der Waals surface area contributed by atoms with Gasteiger partial charge in [-0.15, -0.1) is 24.2 Å². The van der Waals surface area contributed by atoms with E-state index in [-0.39, 0.29) is 18.3 Å². The van der Waals surface area contributed by atoms with Crippen LogP contribution in [-0.2, 0) is 9.53 Å². The van der Waals surface area contributed by atoms with Crippen molar-refractivity contribution in [3.8, 4) is 0 Å². The van der Waals surface area contributed by atoms with Crippen LogP contribution < -0.4 is 10.6 Å². The van der Waals surface area contributed by atoms with Gasteiger partial charge in [-0.2, -0.15) is 0 Å². The Morgan fingerprint density at radius 3 is 2.57 bits per heavy atom. The molecule has 1 aromatic carbocycles. The molecule has 0 fully saturated rings. The minimum absolute atomic E-state index is 0. The molecule has 0 saturated heterocycles. The summed E-state index contributed by atoms with van der Waals surface area (Å²) in [4.78, 5) is 12.8. The van der Waals surface area contributed by atoms with Crippen molar-refractivity contribution >= 4 is 30.1 Å². The highest BCUT2D eigenvalue weighted by Gasteiger charge is 2.01. The smallest absolute Gasteiger partial charge is 0.220 e. The molecule has 0 unspecified atom stereocenters. The first-order valence-electron chi connectivity index (χ1n) is 6.88. The van der Waals surface area contributed by atoms with Crippen LogP contribution in [0.3, 0.4) is 0 Å². The fourth-order valence-corrected chi connectivity index (χ4v) is 2.43. The maximum Gasteiger partial charge on any atom is 0.220 e. The van der Waals surface area contributed by atoms with Crippen LogP contribution in [-0.4, -0.2) is 45.0 Å². The Balaban J connectivity index is 0.00000400. The second kappa shape index (κ2) is 13.0. The second-order valence-electron chi connectivity index (χ2n) is 4.50. The minimum atomic E-state index is 0. The first-order valence-corrected chi connectivity index (χ1v) is 7.87. The highest BCUT2D eigenvalue weighted by Crippen LogP contribution is 2.18. The molecule has 0 spiro atoms. The van der Waals surface area contributed by atoms with Crippen LogP contribution >= 0.6 is 24.2 Å². The molecule has 0 heterocycles. The molecule has 0 saturated carbocycles. The summed E-state index contributed by atoms with van der Waals surface area (Å²) in [5.74, 6) is 0.921. The summed E-state index contributed by atoms with van der Waals surface area (Å²) < 4.78 is 4.92. The SMILES string of the molecule is COCCNCCNC(=O)CCSc1ccc(C)cc1.Cl. The fourth-order valence-electron chi connectivity index (χ4n) is 1.57. The van der Waals surface area contributed by atoms with Crippen molar-refractivity contribution in [3.05, 3.63) is 29.8 Å². The van der Waals surface area contributed by atoms with Crippen molar-refractivity contribution in [1.82, 2.24) is 10.6 Å². The van der Waals surface area contributed by atoms with Gasteiger partial charge in [-0.1, -0.05) is 17.7 Å². The lowest BCUT2D eigenvalue weighted by Gasteiger charge is -2.06. The van der Waals surface area contributed by atoms with Crippen LogP contribution in [0.4, 0.5) is 0 Å². The van der Waals surface area contributed by atoms with Gasteiger partial charge in [0.25, 0.3) is 0 Å². The van der Waals surface area contributed by atoms with Crippen molar-refractivity contribution in [1.29, 1.82) is 0 Å². The quantitative estimate of drug-likeness (QED) is 0.509. The summed E-state index contributed by atoms with van der Waals surface area (Å²) in [7, 11) is 1.68. The van der Waals surface area contributed by atoms with Gasteiger partial charge >= 0.3 is 0 Å². The third-order valence-corrected chi connectivity index (χ3v) is 3.74. The summed E-state index contributed by atoms with van der Waals surface area (Å²) in [5, 5.41) is 6.08. The summed E-state index contributed by atoms with van der Waals surface area (Å²) in [6.07, 6.45) is 0.552. The van der Waals surface area contributed by atoms with Crippen molar-refractivity contribution < 1.29 is 9.53 Å². The number of halogens is 1. The fraction of sp³-hybridized carbons (Fsp3) is 0.533. The average Bonchev–Trinajstić information content (AvgIpc) is 2.45. The van der Waals surface area contributed by atoms with Crippen LogP contribution in [0.2, 0.25) is 0 Å². The first kappa shape index (κ1) is 20.2. The van der Waals surface area contributed by atoms with Crippen molar-refractivity contribution in [2.45, 2.75) is 18.2 Å². The number of carbonyl (C=O) groups excluding carboxylic acids is 1. The number of amides is 1. The Morgan fingerprint density at radius 1 is 1.19 bits per heavy atom. The van der Waals surface area contributed by atoms with Crippen LogP contribution in [0.5, 0.6) is 0 Å². The van der Waals surface area contributed by atoms with Gasteiger partial charge in [0.05, 0.1) is 6.61 Å². The second-order valence-corrected chi connectivity index (χ2v) is 5.67. The van der Waals surface area contributed by atoms with Crippen LogP contribution in [0, 0.1) is 6.92 Å². The molecule has 2 N–H and O–H groups in total. The highest BCUT2D eigenvalue weighted by atomic mass is 35.5. The first-order chi connectivity index (χ1) is 9.72. The van der Waals surface area contributed by atoms with E-state index in [1.165, 1.54) is 10.5 Å². The monoisotopic (exact) mass is 332 g/mol. The Bertz CT molecular complexity index is 388. The van der Waals surface area contributed by atoms with E-state index in [1.54, 1.807) is 18.9 Å². The molecule has 21 heavy (non-hydrogen) atoms. The van der Waals surface area contributed by atoms with Gasteiger partial charge < -0.3 is 15.4 Å². The molecule has 0 radical (unpaired) electrons. The van der Waals surface area contributed by atoms with Gasteiger partial charge in [-0.05, 0) is 19.1 Å². The molecule has 1 rings (SSSR count). The summed E-state index contributed by atoms with van der Waals surface area (Å²) >= 11 is 1.71. The van der Waals surface area contributed by atoms with Gasteiger partial charge in [0, 0.05) is 43.8 Å². The van der Waals surface area contributed by atoms with Gasteiger partial charge in [0.2, 0.25) is 5.91 Å². The number of ether oxygens (including phenoxy) is 1. The van der Waals surface area contributed by atoms with E-state index in [0.717, 1.165) is 18.8 Å². The Kier molecular flexibility index (Phi) is 12.5. The topological polar surface area (TPSA) is 50.4 Å². The van der Waals surface area contributed by atoms with E-state index in [9.17, 15) is 4.79 Å². The minimum Gasteiger partial charge on any atom is -0.383 e. The summed E-state index contributed by atoms with van der Waals surface area (Å²) in [6, 6.07) is 8.37. The number of hydrogen-bond acceptors (Lipinski definition) is 4. The number of methoxy groups -OCH3 is 1. The normalized spacial score (nSPS) is 10.0. The number of nitrogens with one attached hydrogen (secondary N) is 2. The maximum atomic E-state index is 11.6. The lowest BCUT2D eigenvalue weighted by atomic mass is 10.2. The number of aryl methyl sites for hydroxylation is 1. The van der Waals surface area contributed by atoms with Gasteiger partial charge in [-0.25, -0.2) is 0 Å². The standard InChI is InChI=1S/C15H24N2O2S.ClH/c1-13-3-5-14(6-4-13)20-12-7-15(18)17-9-8-16-10-11-19-2;/h3-6,16H,7-12H2,1-2H3,(H,17,18);1H. The number of benzene rings is 1. The average molecular weight is 333 g/mol. The zero-order chi connectivity index (χ0) is 14.6. The molecule has 0 aromatic heterocycles. The van der Waals surface area contributed by atoms with Crippen molar-refractivity contribution in [2.75, 3.05) is 39.1 Å². The van der Waals surface area contributed by atoms with Crippen LogP contribution in [0.15, 0.2) is 29.2 Å². The molecule has 6 heteroatoms. The van der Waals surface area contributed by atoms with E-state index in [2.05, 4.69) is 41.8 Å². The molecular weight excluding hydrogens is 308 g/mol. The third-order valence-electron chi connectivity index (χ3n) is 2.73. The Labute approximate surface area is 137 Å². The zero-order valence-electron chi connectivity index (χ0n) is 12.7. The number of rotatable bonds is 10. The van der Waals surface area contributed by atoms with Crippen molar-refractivity contribution in [3.63, 3.8) is 0 Å². The molecule has 0 aliphatic carbocycles. The molecule has 4 nitrogen and oxygen atoms in total. The van der Waals surface area contributed by atoms with Gasteiger partial charge in [-0.3, -0.25) is 4.79 Å². The summed E-state index contributed by atoms with van der Waals surface area (Å²) in [6.45, 7) is 5.03. The third kappa shape index (κ3) is 10.6. The van der Waals surface area contributed by atoms with E-state index in [0.29, 0.717) is 19.6 Å². The highest BCUT2D eigenvalue weighted by molar-refractivity contribution is 7.99. The Morgan fingerprint density at radius 2 is 1.90 bits per heavy atom. The number of thioether (sulfide) groups is 1. The van der Waals surface area contributed by atoms with Gasteiger partial charge in [0.1, 0.15) is 0 Å². The maximum absolute atomic E-state index is 11.6. The van der Waals surface area contributed by atoms with Crippen LogP contribution in [0.1, 0.15) is 12.0 Å². The molecule has 0 aliphatic rings. The predicted octanol–water partition coefficient (Wildman–Crippen LogP) is 2.25. The van der Waals surface area contributed by atoms with E-state index >= 15 is 0 Å². The van der Waals surface area contributed by atoms with E-state index < -0.39 is 0 Å². The molecule has 0 aliphatic heterocycles. The molecule has 120 valence electrons. The molecular formula is C15H25ClN2O2S. The van der Waals surface area contributed by atoms with E-state index in [1.807, 2.05) is 0 Å². The Hall–Kier alpha value is -0.750. The predicted molar refractivity (Wildman–Crippen MR) is 91.5 cm³/mol. The molecule has 0 atom stereocenters. The van der Waals surface area contributed by atoms with Crippen molar-refractivity contribution in [2.24, 2.45) is 0 Å². The lowest BCUT2D eigenvalue weighted by molar-refractivity contribution is -0.120. The van der Waals surface area contributed by atoms with E-state index in [4.69, 9.17) is 4.74 Å². The zero-order valence-corrected chi connectivity index (χ0v) is 14.3. The van der Waals surface area contributed by atoms with Gasteiger partial charge in [0.15, 0.2) is 0 Å². The summed E-state index contributed by atoms with van der Waals surface area (Å²) in [5.41, 5.74) is 1.26. The van der Waals surface area contributed by atoms with Crippen LogP contribution in [0.25, 0.3) is 0 Å².